The number of carbonyl (C=O) groups is 4. The average Bonchev–Trinajstić information content (AvgIpc) is 4.15. The van der Waals surface area contributed by atoms with Crippen molar-refractivity contribution in [3.05, 3.63) is 47.6 Å². The van der Waals surface area contributed by atoms with Crippen molar-refractivity contribution in [1.29, 1.82) is 0 Å². The van der Waals surface area contributed by atoms with Crippen LogP contribution >= 0.6 is 0 Å². The number of ether oxygens (including phenoxy) is 15. The van der Waals surface area contributed by atoms with E-state index in [1.54, 1.807) is 0 Å². The van der Waals surface area contributed by atoms with Crippen LogP contribution in [0, 0.1) is 11.8 Å². The third-order valence-corrected chi connectivity index (χ3v) is 13.1. The van der Waals surface area contributed by atoms with Gasteiger partial charge in [0.2, 0.25) is 0 Å². The van der Waals surface area contributed by atoms with Crippen molar-refractivity contribution in [2.24, 2.45) is 11.8 Å². The number of fused-ring (bicyclic) bond motifs is 6. The van der Waals surface area contributed by atoms with E-state index in [0.29, 0.717) is 167 Å². The summed E-state index contributed by atoms with van der Waals surface area (Å²) in [6, 6.07) is 0. The Balaban J connectivity index is 0.626. The molecule has 6 rings (SSSR count). The van der Waals surface area contributed by atoms with Gasteiger partial charge in [0.05, 0.1) is 130 Å². The van der Waals surface area contributed by atoms with Crippen molar-refractivity contribution in [1.82, 2.24) is 0 Å². The fourth-order valence-corrected chi connectivity index (χ4v) is 8.92. The summed E-state index contributed by atoms with van der Waals surface area (Å²) in [5.74, 6) is -1.88. The summed E-state index contributed by atoms with van der Waals surface area (Å²) in [4.78, 5) is 50.0. The second-order valence-electron chi connectivity index (χ2n) is 18.1. The van der Waals surface area contributed by atoms with E-state index in [4.69, 9.17) is 71.1 Å². The van der Waals surface area contributed by atoms with Gasteiger partial charge in [-0.05, 0) is 65.2 Å². The molecule has 4 heterocycles. The third-order valence-electron chi connectivity index (χ3n) is 13.1. The predicted molar refractivity (Wildman–Crippen MR) is 244 cm³/mol. The summed E-state index contributed by atoms with van der Waals surface area (Å²) in [7, 11) is 0. The van der Waals surface area contributed by atoms with Crippen molar-refractivity contribution in [2.45, 2.75) is 101 Å². The van der Waals surface area contributed by atoms with Gasteiger partial charge >= 0.3 is 23.9 Å². The molecule has 0 bridgehead atoms. The van der Waals surface area contributed by atoms with Crippen molar-refractivity contribution < 1.29 is 90.2 Å². The zero-order valence-electron chi connectivity index (χ0n) is 40.6. The lowest BCUT2D eigenvalue weighted by Gasteiger charge is -2.19. The zero-order chi connectivity index (χ0) is 48.9. The first kappa shape index (κ1) is 54.7. The quantitative estimate of drug-likeness (QED) is 0.0309. The Kier molecular flexibility index (Phi) is 22.6. The molecule has 4 aliphatic heterocycles. The number of carbonyl (C=O) groups excluding carboxylic acids is 4. The lowest BCUT2D eigenvalue weighted by molar-refractivity contribution is -0.142. The number of esters is 4. The molecule has 6 aliphatic rings. The molecule has 0 aromatic heterocycles. The Bertz CT molecular complexity index is 1640. The smallest absolute Gasteiger partial charge is 0.334 e. The van der Waals surface area contributed by atoms with Crippen molar-refractivity contribution >= 4 is 23.9 Å². The highest BCUT2D eigenvalue weighted by Gasteiger charge is 2.62. The minimum atomic E-state index is -0.383. The van der Waals surface area contributed by atoms with Crippen molar-refractivity contribution in [3.63, 3.8) is 0 Å². The average molecular weight is 979 g/mol. The van der Waals surface area contributed by atoms with E-state index in [1.807, 2.05) is 26.0 Å². The maximum atomic E-state index is 12.8. The summed E-state index contributed by atoms with van der Waals surface area (Å²) in [5.41, 5.74) is 1.34. The summed E-state index contributed by atoms with van der Waals surface area (Å²) in [6.07, 6.45) is 7.76. The Hall–Kier alpha value is -3.60. The predicted octanol–water partition coefficient (Wildman–Crippen LogP) is 3.73. The highest BCUT2D eigenvalue weighted by Crippen LogP contribution is 2.51. The van der Waals surface area contributed by atoms with Crippen LogP contribution in [0.25, 0.3) is 0 Å². The zero-order valence-corrected chi connectivity index (χ0v) is 40.6. The van der Waals surface area contributed by atoms with Crippen LogP contribution in [0.4, 0.5) is 0 Å². The van der Waals surface area contributed by atoms with Crippen LogP contribution < -0.4 is 0 Å². The van der Waals surface area contributed by atoms with Gasteiger partial charge in [0.15, 0.2) is 0 Å². The SMILES string of the molecule is C=C1C(=O)O[C@H]2[C@H]1CCC(C(=O)OCCOCCOCCOCCOCCOCCOCCOCCOCCOCCOC(=O)/C1=C/CC[C@@]3(C)O[C@H]3[C@H]3OC(=O)C(=C)[C@@H]3CC1)=CCC[C@@]1(C)O[C@@H]21. The molecular formula is C50H74O19. The summed E-state index contributed by atoms with van der Waals surface area (Å²) >= 11 is 0. The molecule has 0 saturated carbocycles. The number of hydrogen-bond donors (Lipinski definition) is 0. The second-order valence-corrected chi connectivity index (χ2v) is 18.1. The number of rotatable bonds is 32. The molecule has 0 radical (unpaired) electrons. The number of allylic oxidation sites excluding steroid dienone is 2. The molecule has 388 valence electrons. The molecule has 19 nitrogen and oxygen atoms in total. The Morgan fingerprint density at radius 3 is 1.06 bits per heavy atom. The van der Waals surface area contributed by atoms with Gasteiger partial charge in [0, 0.05) is 34.1 Å². The summed E-state index contributed by atoms with van der Waals surface area (Å²) in [6.45, 7) is 19.4. The van der Waals surface area contributed by atoms with E-state index >= 15 is 0 Å². The minimum Gasteiger partial charge on any atom is -0.460 e. The second kappa shape index (κ2) is 28.4. The monoisotopic (exact) mass is 978 g/mol. The molecule has 19 heteroatoms. The molecule has 0 N–H and O–H groups in total. The Morgan fingerprint density at radius 2 is 0.768 bits per heavy atom. The minimum absolute atomic E-state index is 0.127. The Labute approximate surface area is 405 Å². The van der Waals surface area contributed by atoms with Crippen LogP contribution in [0.1, 0.15) is 65.2 Å². The topological polar surface area (TPSA) is 213 Å². The van der Waals surface area contributed by atoms with Gasteiger partial charge in [-0.2, -0.15) is 0 Å². The van der Waals surface area contributed by atoms with E-state index < -0.39 is 0 Å². The first-order valence-electron chi connectivity index (χ1n) is 24.6. The molecule has 0 amide bonds. The molecule has 4 saturated heterocycles. The molecule has 0 unspecified atom stereocenters. The van der Waals surface area contributed by atoms with Crippen LogP contribution in [0.2, 0.25) is 0 Å². The molecular weight excluding hydrogens is 905 g/mol. The lowest BCUT2D eigenvalue weighted by atomic mass is 9.84. The largest absolute Gasteiger partial charge is 0.460 e. The van der Waals surface area contributed by atoms with E-state index in [9.17, 15) is 19.2 Å². The van der Waals surface area contributed by atoms with Crippen LogP contribution in [0.15, 0.2) is 47.6 Å². The fourth-order valence-electron chi connectivity index (χ4n) is 8.92. The van der Waals surface area contributed by atoms with Gasteiger partial charge in [-0.3, -0.25) is 0 Å². The van der Waals surface area contributed by atoms with Gasteiger partial charge in [-0.25, -0.2) is 19.2 Å². The van der Waals surface area contributed by atoms with Crippen LogP contribution in [0.3, 0.4) is 0 Å². The molecule has 0 spiro atoms. The van der Waals surface area contributed by atoms with Crippen LogP contribution in [0.5, 0.6) is 0 Å². The molecule has 0 aromatic rings. The molecule has 4 fully saturated rings. The normalized spacial score (nSPS) is 29.3. The van der Waals surface area contributed by atoms with Crippen LogP contribution in [-0.2, 0) is 90.2 Å². The van der Waals surface area contributed by atoms with Crippen molar-refractivity contribution in [3.8, 4) is 0 Å². The van der Waals surface area contributed by atoms with E-state index in [1.165, 1.54) is 0 Å². The number of hydrogen-bond acceptors (Lipinski definition) is 19. The first-order valence-corrected chi connectivity index (χ1v) is 24.6. The van der Waals surface area contributed by atoms with Gasteiger partial charge in [0.1, 0.15) is 37.6 Å². The summed E-state index contributed by atoms with van der Waals surface area (Å²) < 4.78 is 83.7. The highest BCUT2D eigenvalue weighted by molar-refractivity contribution is 5.92. The van der Waals surface area contributed by atoms with E-state index in [0.717, 1.165) is 12.8 Å². The van der Waals surface area contributed by atoms with Gasteiger partial charge < -0.3 is 71.1 Å². The maximum absolute atomic E-state index is 12.8. The standard InChI is InChI=1S/C50H74O19/c1-35-39-11-9-37(7-5-13-49(3)43(68-49)41(39)66-45(35)51)47(53)64-33-31-62-29-27-60-25-23-58-21-19-56-17-15-55-16-18-57-20-22-59-24-26-61-28-30-63-32-34-65-48(54)38-8-6-14-50(4)44(69-50)42-40(12-10-38)36(2)46(52)67-42/h7-8,39-44H,1-2,5-6,9-34H2,3-4H3/b37-7+,38-8?/t39-,40-,41-,42-,43-,44-,49+,50+/m0/s1. The molecule has 2 aliphatic carbocycles. The van der Waals surface area contributed by atoms with E-state index in [2.05, 4.69) is 13.2 Å². The summed E-state index contributed by atoms with van der Waals surface area (Å²) in [5, 5.41) is 0. The lowest BCUT2D eigenvalue weighted by Crippen LogP contribution is -2.29. The Morgan fingerprint density at radius 1 is 0.493 bits per heavy atom. The first-order chi connectivity index (χ1) is 33.5. The fraction of sp³-hybridized carbons (Fsp3) is 0.760. The molecule has 0 aromatic carbocycles. The van der Waals surface area contributed by atoms with Gasteiger partial charge in [0.25, 0.3) is 0 Å². The molecule has 8 atom stereocenters. The highest BCUT2D eigenvalue weighted by atomic mass is 16.7. The van der Waals surface area contributed by atoms with E-state index in [-0.39, 0.29) is 97.8 Å². The third kappa shape index (κ3) is 17.3. The van der Waals surface area contributed by atoms with Gasteiger partial charge in [-0.15, -0.1) is 0 Å². The maximum Gasteiger partial charge on any atom is 0.334 e. The van der Waals surface area contributed by atoms with Crippen LogP contribution in [-0.4, -0.2) is 192 Å². The number of epoxide rings is 2. The van der Waals surface area contributed by atoms with Crippen molar-refractivity contribution in [2.75, 3.05) is 132 Å². The van der Waals surface area contributed by atoms with Gasteiger partial charge in [-0.1, -0.05) is 25.3 Å². The molecule has 69 heavy (non-hydrogen) atoms.